The Hall–Kier alpha value is -2.70. The summed E-state index contributed by atoms with van der Waals surface area (Å²) in [6.45, 7) is 7.90. The topological polar surface area (TPSA) is 48.2 Å². The fraction of sp³-hybridized carbons (Fsp3) is 0.405. The number of nitrogens with zero attached hydrogens (tertiary/aromatic N) is 2. The quantitative estimate of drug-likeness (QED) is 0.171. The van der Waals surface area contributed by atoms with Gasteiger partial charge in [0.2, 0.25) is 0 Å². The van der Waals surface area contributed by atoms with Crippen LogP contribution in [-0.2, 0) is 4.43 Å². The standard InChI is InChI=1S/C37H40Cl2N2O2Si/c1-36(2,3)44(28-10-6-4-7-11-28,29-12-8-5-9-13-29)42-24-26-20-37(21-26)18-25(19-37)14-17-30-34(41-43-35(30)27-15-16-27)33-31(38)22-40-23-32(33)39/h4-14,17,22-23,25-27H,15-16,18-21,24H2,1-3H3/b17-14+. The molecule has 4 aromatic rings. The van der Waals surface area contributed by atoms with Crippen molar-refractivity contribution in [2.45, 2.75) is 70.3 Å². The van der Waals surface area contributed by atoms with E-state index in [1.165, 1.54) is 36.1 Å². The molecular formula is C37H40Cl2N2O2Si. The first-order valence-corrected chi connectivity index (χ1v) is 18.6. The Morgan fingerprint density at radius 1 is 0.909 bits per heavy atom. The Morgan fingerprint density at radius 3 is 2.05 bits per heavy atom. The monoisotopic (exact) mass is 642 g/mol. The molecule has 0 bridgehead atoms. The van der Waals surface area contributed by atoms with Crippen molar-refractivity contribution in [2.24, 2.45) is 17.3 Å². The summed E-state index contributed by atoms with van der Waals surface area (Å²) in [4.78, 5) is 4.11. The van der Waals surface area contributed by atoms with Gasteiger partial charge in [0, 0.05) is 36.0 Å². The molecule has 1 spiro atoms. The summed E-state index contributed by atoms with van der Waals surface area (Å²) in [7, 11) is -2.49. The summed E-state index contributed by atoms with van der Waals surface area (Å²) < 4.78 is 13.1. The van der Waals surface area contributed by atoms with Crippen LogP contribution in [0.3, 0.4) is 0 Å². The van der Waals surface area contributed by atoms with Crippen molar-refractivity contribution in [1.29, 1.82) is 0 Å². The van der Waals surface area contributed by atoms with Crippen molar-refractivity contribution < 1.29 is 8.95 Å². The lowest BCUT2D eigenvalue weighted by Crippen LogP contribution is -2.67. The molecule has 3 aliphatic carbocycles. The third kappa shape index (κ3) is 5.40. The van der Waals surface area contributed by atoms with Crippen molar-refractivity contribution in [1.82, 2.24) is 10.1 Å². The Balaban J connectivity index is 1.03. The first kappa shape index (κ1) is 30.0. The number of hydrogen-bond donors (Lipinski definition) is 0. The second kappa shape index (κ2) is 11.6. The van der Waals surface area contributed by atoms with E-state index in [0.717, 1.165) is 36.5 Å². The van der Waals surface area contributed by atoms with Crippen LogP contribution in [0.4, 0.5) is 0 Å². The fourth-order valence-corrected chi connectivity index (χ4v) is 13.2. The minimum Gasteiger partial charge on any atom is -0.407 e. The van der Waals surface area contributed by atoms with Gasteiger partial charge in [-0.05, 0) is 71.2 Å². The molecule has 4 nitrogen and oxygen atoms in total. The van der Waals surface area contributed by atoms with Crippen molar-refractivity contribution in [3.8, 4) is 11.3 Å². The van der Waals surface area contributed by atoms with Crippen molar-refractivity contribution >= 4 is 48.0 Å². The normalized spacial score (nSPS) is 23.6. The van der Waals surface area contributed by atoms with Crippen molar-refractivity contribution in [3.05, 3.63) is 101 Å². The second-order valence-corrected chi connectivity index (χ2v) is 19.5. The molecule has 44 heavy (non-hydrogen) atoms. The predicted molar refractivity (Wildman–Crippen MR) is 182 cm³/mol. The van der Waals surface area contributed by atoms with E-state index >= 15 is 0 Å². The van der Waals surface area contributed by atoms with Gasteiger partial charge in [0.15, 0.2) is 0 Å². The molecule has 7 heteroatoms. The van der Waals surface area contributed by atoms with E-state index in [-0.39, 0.29) is 5.04 Å². The lowest BCUT2D eigenvalue weighted by atomic mass is 9.48. The average molecular weight is 644 g/mol. The van der Waals surface area contributed by atoms with E-state index < -0.39 is 8.32 Å². The van der Waals surface area contributed by atoms with Crippen LogP contribution in [0, 0.1) is 17.3 Å². The molecule has 2 heterocycles. The van der Waals surface area contributed by atoms with Crippen LogP contribution in [0.25, 0.3) is 17.3 Å². The molecule has 3 aliphatic rings. The molecule has 228 valence electrons. The summed E-state index contributed by atoms with van der Waals surface area (Å²) in [5, 5.41) is 8.13. The predicted octanol–water partition coefficient (Wildman–Crippen LogP) is 9.32. The van der Waals surface area contributed by atoms with Crippen LogP contribution in [0.15, 0.2) is 83.7 Å². The SMILES string of the molecule is CC(C)(C)[Si](OCC1CC2(CC(/C=C/c3c(-c4c(Cl)cncc4Cl)noc3C3CC3)C2)C1)(c1ccccc1)c1ccccc1. The lowest BCUT2D eigenvalue weighted by molar-refractivity contribution is -0.0669. The number of hydrogen-bond acceptors (Lipinski definition) is 4. The summed E-state index contributed by atoms with van der Waals surface area (Å²) in [5.41, 5.74) is 2.90. The van der Waals surface area contributed by atoms with Gasteiger partial charge >= 0.3 is 0 Å². The highest BCUT2D eigenvalue weighted by Crippen LogP contribution is 2.62. The van der Waals surface area contributed by atoms with E-state index in [1.54, 1.807) is 12.4 Å². The van der Waals surface area contributed by atoms with Crippen LogP contribution >= 0.6 is 23.2 Å². The first-order valence-electron chi connectivity index (χ1n) is 15.9. The summed E-state index contributed by atoms with van der Waals surface area (Å²) >= 11 is 13.0. The number of benzene rings is 2. The minimum atomic E-state index is -2.49. The van der Waals surface area contributed by atoms with E-state index in [0.29, 0.717) is 38.8 Å². The van der Waals surface area contributed by atoms with Gasteiger partial charge in [-0.2, -0.15) is 0 Å². The molecule has 3 saturated carbocycles. The third-order valence-corrected chi connectivity index (χ3v) is 15.7. The van der Waals surface area contributed by atoms with Crippen LogP contribution in [-0.4, -0.2) is 25.1 Å². The summed E-state index contributed by atoms with van der Waals surface area (Å²) in [5.74, 6) is 2.57. The van der Waals surface area contributed by atoms with Crippen LogP contribution in [0.5, 0.6) is 0 Å². The van der Waals surface area contributed by atoms with Crippen molar-refractivity contribution in [3.63, 3.8) is 0 Å². The van der Waals surface area contributed by atoms with Gasteiger partial charge < -0.3 is 8.95 Å². The molecule has 2 aromatic carbocycles. The minimum absolute atomic E-state index is 0.00827. The molecule has 3 fully saturated rings. The zero-order valence-corrected chi connectivity index (χ0v) is 28.2. The van der Waals surface area contributed by atoms with Gasteiger partial charge in [-0.15, -0.1) is 0 Å². The van der Waals surface area contributed by atoms with E-state index in [4.69, 9.17) is 32.2 Å². The van der Waals surface area contributed by atoms with Gasteiger partial charge in [-0.1, -0.05) is 122 Å². The molecular weight excluding hydrogens is 603 g/mol. The van der Waals surface area contributed by atoms with E-state index in [9.17, 15) is 0 Å². The van der Waals surface area contributed by atoms with Gasteiger partial charge in [0.25, 0.3) is 8.32 Å². The maximum absolute atomic E-state index is 7.25. The zero-order valence-electron chi connectivity index (χ0n) is 25.7. The Morgan fingerprint density at radius 2 is 1.50 bits per heavy atom. The number of aromatic nitrogens is 2. The molecule has 7 rings (SSSR count). The van der Waals surface area contributed by atoms with Crippen LogP contribution < -0.4 is 10.4 Å². The van der Waals surface area contributed by atoms with Gasteiger partial charge in [0.1, 0.15) is 11.5 Å². The van der Waals surface area contributed by atoms with Gasteiger partial charge in [-0.3, -0.25) is 4.98 Å². The van der Waals surface area contributed by atoms with E-state index in [1.807, 2.05) is 0 Å². The lowest BCUT2D eigenvalue weighted by Gasteiger charge is -2.58. The molecule has 0 unspecified atom stereocenters. The number of allylic oxidation sites excluding steroid dienone is 1. The molecule has 0 aliphatic heterocycles. The Labute approximate surface area is 272 Å². The fourth-order valence-electron chi connectivity index (χ4n) is 7.97. The molecule has 0 atom stereocenters. The average Bonchev–Trinajstić information content (AvgIpc) is 3.73. The number of pyridine rings is 1. The third-order valence-electron chi connectivity index (χ3n) is 10.1. The van der Waals surface area contributed by atoms with E-state index in [2.05, 4.69) is 104 Å². The largest absolute Gasteiger partial charge is 0.407 e. The highest BCUT2D eigenvalue weighted by molar-refractivity contribution is 6.99. The molecule has 0 amide bonds. The Bertz CT molecular complexity index is 1590. The van der Waals surface area contributed by atoms with Gasteiger partial charge in [0.05, 0.1) is 10.0 Å². The Kier molecular flexibility index (Phi) is 7.89. The summed E-state index contributed by atoms with van der Waals surface area (Å²) in [6.07, 6.45) is 15.0. The molecule has 2 aromatic heterocycles. The summed E-state index contributed by atoms with van der Waals surface area (Å²) in [6, 6.07) is 22.0. The maximum Gasteiger partial charge on any atom is 0.261 e. The molecule has 0 saturated heterocycles. The van der Waals surface area contributed by atoms with Gasteiger partial charge in [-0.25, -0.2) is 0 Å². The second-order valence-electron chi connectivity index (χ2n) is 14.3. The zero-order chi connectivity index (χ0) is 30.5. The van der Waals surface area contributed by atoms with Crippen LogP contribution in [0.2, 0.25) is 15.1 Å². The highest BCUT2D eigenvalue weighted by atomic mass is 35.5. The number of halogens is 2. The van der Waals surface area contributed by atoms with Crippen molar-refractivity contribution in [2.75, 3.05) is 6.61 Å². The smallest absolute Gasteiger partial charge is 0.261 e. The number of rotatable bonds is 9. The molecule has 0 radical (unpaired) electrons. The first-order chi connectivity index (χ1) is 21.2. The molecule has 0 N–H and O–H groups in total. The highest BCUT2D eigenvalue weighted by Gasteiger charge is 2.54. The van der Waals surface area contributed by atoms with Crippen LogP contribution in [0.1, 0.15) is 76.5 Å². The maximum atomic E-state index is 7.25.